The van der Waals surface area contributed by atoms with Crippen molar-refractivity contribution in [2.24, 2.45) is 16.9 Å². The minimum Gasteiger partial charge on any atom is -0.449 e. The van der Waals surface area contributed by atoms with Crippen molar-refractivity contribution in [3.63, 3.8) is 0 Å². The van der Waals surface area contributed by atoms with Gasteiger partial charge in [-0.1, -0.05) is 48.9 Å². The van der Waals surface area contributed by atoms with Gasteiger partial charge in [-0.15, -0.1) is 0 Å². The molecule has 1 saturated heterocycles. The van der Waals surface area contributed by atoms with Crippen LogP contribution in [-0.2, 0) is 20.7 Å². The van der Waals surface area contributed by atoms with Gasteiger partial charge in [0.25, 0.3) is 0 Å². The lowest BCUT2D eigenvalue weighted by molar-refractivity contribution is -0.141. The molecule has 9 nitrogen and oxygen atoms in total. The van der Waals surface area contributed by atoms with Gasteiger partial charge in [0.15, 0.2) is 0 Å². The first-order valence-corrected chi connectivity index (χ1v) is 12.3. The van der Waals surface area contributed by atoms with Crippen LogP contribution in [0.4, 0.5) is 10.5 Å². The summed E-state index contributed by atoms with van der Waals surface area (Å²) in [5, 5.41) is 12.4. The fraction of sp³-hybridized carbons (Fsp3) is 0.423. The molecular weight excluding hydrogens is 484 g/mol. The first-order valence-electron chi connectivity index (χ1n) is 11.9. The van der Waals surface area contributed by atoms with E-state index in [2.05, 4.69) is 5.32 Å². The molecule has 0 aliphatic carbocycles. The number of piperidine rings is 1. The van der Waals surface area contributed by atoms with E-state index in [0.717, 1.165) is 12.0 Å². The predicted octanol–water partition coefficient (Wildman–Crippen LogP) is 2.65. The molecule has 0 radical (unpaired) electrons. The summed E-state index contributed by atoms with van der Waals surface area (Å²) in [5.74, 6) is -2.05. The second-order valence-corrected chi connectivity index (χ2v) is 9.53. The number of anilines is 1. The van der Waals surface area contributed by atoms with Crippen molar-refractivity contribution in [2.45, 2.75) is 38.1 Å². The maximum absolute atomic E-state index is 12.9. The van der Waals surface area contributed by atoms with Gasteiger partial charge in [-0.2, -0.15) is 0 Å². The molecule has 1 aliphatic rings. The molecular formula is C26H33ClN4O5. The fourth-order valence-electron chi connectivity index (χ4n) is 4.78. The summed E-state index contributed by atoms with van der Waals surface area (Å²) in [6.07, 6.45) is 1.14. The molecule has 0 spiro atoms. The van der Waals surface area contributed by atoms with Crippen LogP contribution in [0.1, 0.15) is 36.8 Å². The lowest BCUT2D eigenvalue weighted by atomic mass is 9.67. The molecule has 0 bridgehead atoms. The number of nitrogens with two attached hydrogens (primary N) is 2. The van der Waals surface area contributed by atoms with Crippen LogP contribution in [-0.4, -0.2) is 60.3 Å². The van der Waals surface area contributed by atoms with E-state index in [4.69, 9.17) is 27.8 Å². The molecule has 10 heteroatoms. The fourth-order valence-corrected chi connectivity index (χ4v) is 5.02. The average Bonchev–Trinajstić information content (AvgIpc) is 2.88. The van der Waals surface area contributed by atoms with E-state index in [-0.39, 0.29) is 13.2 Å². The number of ether oxygens (including phenoxy) is 1. The van der Waals surface area contributed by atoms with Crippen molar-refractivity contribution >= 4 is 35.2 Å². The van der Waals surface area contributed by atoms with Crippen molar-refractivity contribution in [3.05, 3.63) is 64.7 Å². The van der Waals surface area contributed by atoms with E-state index in [9.17, 15) is 19.5 Å². The number of aliphatic hydroxyl groups excluding tert-OH is 1. The first-order chi connectivity index (χ1) is 17.2. The molecule has 1 heterocycles. The SMILES string of the molecule is CCc1ccc(NC(=O)OCC2(C(C(N)=O)c3ccccc3Cl)CCCN(C(=O)[C@@H](N)CO)C2)cc1. The smallest absolute Gasteiger partial charge is 0.411 e. The van der Waals surface area contributed by atoms with E-state index in [0.29, 0.717) is 35.7 Å². The number of halogens is 1. The molecule has 3 amide bonds. The highest BCUT2D eigenvalue weighted by molar-refractivity contribution is 6.31. The molecule has 194 valence electrons. The van der Waals surface area contributed by atoms with Crippen LogP contribution in [0.2, 0.25) is 5.02 Å². The molecule has 36 heavy (non-hydrogen) atoms. The summed E-state index contributed by atoms with van der Waals surface area (Å²) in [7, 11) is 0. The summed E-state index contributed by atoms with van der Waals surface area (Å²) >= 11 is 6.45. The number of aryl methyl sites for hydroxylation is 1. The maximum atomic E-state index is 12.9. The number of carbonyl (C=O) groups excluding carboxylic acids is 3. The Bertz CT molecular complexity index is 1080. The third kappa shape index (κ3) is 6.34. The van der Waals surface area contributed by atoms with Gasteiger partial charge in [0, 0.05) is 29.2 Å². The second kappa shape index (κ2) is 12.2. The van der Waals surface area contributed by atoms with Crippen LogP contribution >= 0.6 is 11.6 Å². The van der Waals surface area contributed by atoms with Crippen LogP contribution < -0.4 is 16.8 Å². The third-order valence-electron chi connectivity index (χ3n) is 6.65. The number of benzene rings is 2. The normalized spacial score (nSPS) is 19.3. The topological polar surface area (TPSA) is 148 Å². The summed E-state index contributed by atoms with van der Waals surface area (Å²) < 4.78 is 5.63. The number of nitrogens with zero attached hydrogens (tertiary/aromatic N) is 1. The van der Waals surface area contributed by atoms with Crippen molar-refractivity contribution in [3.8, 4) is 0 Å². The van der Waals surface area contributed by atoms with Crippen molar-refractivity contribution in [2.75, 3.05) is 31.6 Å². The van der Waals surface area contributed by atoms with Crippen molar-refractivity contribution in [1.29, 1.82) is 0 Å². The van der Waals surface area contributed by atoms with Gasteiger partial charge in [0.2, 0.25) is 11.8 Å². The van der Waals surface area contributed by atoms with E-state index in [1.54, 1.807) is 36.4 Å². The van der Waals surface area contributed by atoms with Gasteiger partial charge in [-0.3, -0.25) is 14.9 Å². The lowest BCUT2D eigenvalue weighted by Crippen LogP contribution is -2.57. The molecule has 3 atom stereocenters. The second-order valence-electron chi connectivity index (χ2n) is 9.12. The highest BCUT2D eigenvalue weighted by Gasteiger charge is 2.49. The summed E-state index contributed by atoms with van der Waals surface area (Å²) in [5.41, 5.74) is 12.8. The molecule has 1 aliphatic heterocycles. The molecule has 2 aromatic carbocycles. The number of likely N-dealkylation sites (tertiary alicyclic amines) is 1. The Morgan fingerprint density at radius 3 is 2.50 bits per heavy atom. The molecule has 3 rings (SSSR count). The zero-order valence-electron chi connectivity index (χ0n) is 20.3. The van der Waals surface area contributed by atoms with Gasteiger partial charge in [-0.25, -0.2) is 4.79 Å². The van der Waals surface area contributed by atoms with Crippen molar-refractivity contribution in [1.82, 2.24) is 4.90 Å². The lowest BCUT2D eigenvalue weighted by Gasteiger charge is -2.46. The molecule has 1 fully saturated rings. The quantitative estimate of drug-likeness (QED) is 0.402. The molecule has 6 N–H and O–H groups in total. The maximum Gasteiger partial charge on any atom is 0.411 e. The Balaban J connectivity index is 1.90. The highest BCUT2D eigenvalue weighted by Crippen LogP contribution is 2.45. The molecule has 0 aromatic heterocycles. The number of primary amides is 1. The van der Waals surface area contributed by atoms with Crippen LogP contribution in [0, 0.1) is 5.41 Å². The number of amides is 3. The Hall–Kier alpha value is -3.14. The predicted molar refractivity (Wildman–Crippen MR) is 137 cm³/mol. The van der Waals surface area contributed by atoms with Crippen LogP contribution in [0.3, 0.4) is 0 Å². The van der Waals surface area contributed by atoms with E-state index in [1.807, 2.05) is 19.1 Å². The van der Waals surface area contributed by atoms with Crippen LogP contribution in [0.25, 0.3) is 0 Å². The van der Waals surface area contributed by atoms with Gasteiger partial charge in [0.05, 0.1) is 12.5 Å². The van der Waals surface area contributed by atoms with E-state index < -0.39 is 41.9 Å². The average molecular weight is 517 g/mol. The molecule has 0 saturated carbocycles. The van der Waals surface area contributed by atoms with E-state index >= 15 is 0 Å². The zero-order chi connectivity index (χ0) is 26.3. The minimum atomic E-state index is -1.09. The van der Waals surface area contributed by atoms with Crippen LogP contribution in [0.15, 0.2) is 48.5 Å². The highest BCUT2D eigenvalue weighted by atomic mass is 35.5. The molecule has 2 aromatic rings. The van der Waals surface area contributed by atoms with Gasteiger partial charge in [-0.05, 0) is 48.6 Å². The summed E-state index contributed by atoms with van der Waals surface area (Å²) in [6.45, 7) is 1.77. The number of nitrogens with one attached hydrogen (secondary N) is 1. The number of hydrogen-bond acceptors (Lipinski definition) is 6. The van der Waals surface area contributed by atoms with Gasteiger partial charge in [0.1, 0.15) is 12.6 Å². The standard InChI is InChI=1S/C26H33ClN4O5/c1-2-17-8-10-18(11-9-17)30-25(35)36-16-26(12-5-13-31(15-26)24(34)21(28)14-32)22(23(29)33)19-6-3-4-7-20(19)27/h3-4,6-11,21-22,32H,2,5,12-16,28H2,1H3,(H2,29,33)(H,30,35)/t21-,22?,26?/m0/s1. The van der Waals surface area contributed by atoms with E-state index in [1.165, 1.54) is 4.90 Å². The number of hydrogen-bond donors (Lipinski definition) is 4. The van der Waals surface area contributed by atoms with Crippen LogP contribution in [0.5, 0.6) is 0 Å². The van der Waals surface area contributed by atoms with Crippen molar-refractivity contribution < 1.29 is 24.2 Å². The minimum absolute atomic E-state index is 0.0524. The number of carbonyl (C=O) groups is 3. The van der Waals surface area contributed by atoms with Gasteiger partial charge < -0.3 is 26.2 Å². The summed E-state index contributed by atoms with van der Waals surface area (Å²) in [4.78, 5) is 39.9. The largest absolute Gasteiger partial charge is 0.449 e. The third-order valence-corrected chi connectivity index (χ3v) is 6.99. The van der Waals surface area contributed by atoms with Gasteiger partial charge >= 0.3 is 6.09 Å². The number of aliphatic hydroxyl groups is 1. The monoisotopic (exact) mass is 516 g/mol. The Kier molecular flexibility index (Phi) is 9.31. The first kappa shape index (κ1) is 27.4. The zero-order valence-corrected chi connectivity index (χ0v) is 21.0. The Morgan fingerprint density at radius 2 is 1.89 bits per heavy atom. The summed E-state index contributed by atoms with van der Waals surface area (Å²) in [6, 6.07) is 13.1. The Morgan fingerprint density at radius 1 is 1.19 bits per heavy atom. The Labute approximate surface area is 215 Å². The molecule has 2 unspecified atom stereocenters. The number of rotatable bonds is 9.